The fourth-order valence-electron chi connectivity index (χ4n) is 6.39. The van der Waals surface area contributed by atoms with Gasteiger partial charge in [-0.25, -0.2) is 0 Å². The predicted molar refractivity (Wildman–Crippen MR) is 135 cm³/mol. The third-order valence-electron chi connectivity index (χ3n) is 7.66. The van der Waals surface area contributed by atoms with E-state index in [2.05, 4.69) is 26.1 Å². The molecule has 6 rings (SSSR count). The van der Waals surface area contributed by atoms with Crippen LogP contribution in [0.5, 0.6) is 5.75 Å². The molecule has 0 bridgehead atoms. The van der Waals surface area contributed by atoms with Crippen LogP contribution in [0.15, 0.2) is 77.3 Å². The second-order valence-electron chi connectivity index (χ2n) is 9.38. The summed E-state index contributed by atoms with van der Waals surface area (Å²) in [7, 11) is 0. The van der Waals surface area contributed by atoms with E-state index >= 15 is 0 Å². The van der Waals surface area contributed by atoms with Crippen LogP contribution in [0.25, 0.3) is 0 Å². The Morgan fingerprint density at radius 3 is 2.69 bits per heavy atom. The summed E-state index contributed by atoms with van der Waals surface area (Å²) in [6, 6.07) is 21.6. The summed E-state index contributed by atoms with van der Waals surface area (Å²) >= 11 is 3.56. The molecule has 3 heterocycles. The number of benzene rings is 3. The van der Waals surface area contributed by atoms with Crippen LogP contribution in [-0.4, -0.2) is 34.4 Å². The number of nitro groups is 1. The van der Waals surface area contributed by atoms with Crippen molar-refractivity contribution in [1.82, 2.24) is 4.90 Å². The van der Waals surface area contributed by atoms with Gasteiger partial charge in [0.2, 0.25) is 0 Å². The SMILES string of the molecule is O=C1Nc2ccccc2[C@]12[C@H]([N+](=O)[O-])[C@H](c1cc(Br)ccc1OCc1ccccc1)[C@@H]1CCCN12. The minimum Gasteiger partial charge on any atom is -0.489 e. The van der Waals surface area contributed by atoms with E-state index in [1.54, 1.807) is 0 Å². The minimum atomic E-state index is -1.34. The number of hydrogen-bond acceptors (Lipinski definition) is 5. The van der Waals surface area contributed by atoms with Gasteiger partial charge in [0.15, 0.2) is 5.54 Å². The van der Waals surface area contributed by atoms with Gasteiger partial charge in [0.1, 0.15) is 12.4 Å². The molecule has 3 aromatic rings. The van der Waals surface area contributed by atoms with Crippen LogP contribution in [0.1, 0.15) is 35.4 Å². The Morgan fingerprint density at radius 1 is 1.11 bits per heavy atom. The second kappa shape index (κ2) is 8.46. The van der Waals surface area contributed by atoms with E-state index in [4.69, 9.17) is 4.74 Å². The van der Waals surface area contributed by atoms with E-state index in [1.807, 2.05) is 72.8 Å². The van der Waals surface area contributed by atoms with Crippen LogP contribution in [0.3, 0.4) is 0 Å². The molecule has 7 nitrogen and oxygen atoms in total. The van der Waals surface area contributed by atoms with Gasteiger partial charge in [-0.05, 0) is 42.7 Å². The molecule has 8 heteroatoms. The molecule has 3 aliphatic rings. The average Bonchev–Trinajstić information content (AvgIpc) is 3.52. The van der Waals surface area contributed by atoms with Crippen molar-refractivity contribution in [2.24, 2.45) is 0 Å². The van der Waals surface area contributed by atoms with Crippen LogP contribution < -0.4 is 10.1 Å². The van der Waals surface area contributed by atoms with Crippen molar-refractivity contribution in [3.05, 3.63) is 104 Å². The molecule has 0 unspecified atom stereocenters. The molecule has 2 fully saturated rings. The molecule has 3 aromatic carbocycles. The molecule has 4 atom stereocenters. The van der Waals surface area contributed by atoms with E-state index in [0.29, 0.717) is 30.2 Å². The van der Waals surface area contributed by atoms with Crippen LogP contribution in [0.4, 0.5) is 5.69 Å². The molecule has 0 aromatic heterocycles. The lowest BCUT2D eigenvalue weighted by Crippen LogP contribution is -2.55. The second-order valence-corrected chi connectivity index (χ2v) is 10.3. The number of amides is 1. The molecule has 178 valence electrons. The maximum absolute atomic E-state index is 13.7. The highest BCUT2D eigenvalue weighted by molar-refractivity contribution is 9.10. The maximum atomic E-state index is 13.7. The summed E-state index contributed by atoms with van der Waals surface area (Å²) in [5.74, 6) is -0.200. The van der Waals surface area contributed by atoms with Gasteiger partial charge in [0, 0.05) is 38.8 Å². The molecule has 0 saturated carbocycles. The van der Waals surface area contributed by atoms with E-state index in [0.717, 1.165) is 28.4 Å². The van der Waals surface area contributed by atoms with Gasteiger partial charge in [0.25, 0.3) is 11.9 Å². The van der Waals surface area contributed by atoms with Gasteiger partial charge >= 0.3 is 0 Å². The van der Waals surface area contributed by atoms with Gasteiger partial charge in [-0.15, -0.1) is 0 Å². The number of ether oxygens (including phenoxy) is 1. The largest absolute Gasteiger partial charge is 0.489 e. The third kappa shape index (κ3) is 3.31. The molecule has 3 aliphatic heterocycles. The Morgan fingerprint density at radius 2 is 1.89 bits per heavy atom. The number of rotatable bonds is 5. The quantitative estimate of drug-likeness (QED) is 0.365. The third-order valence-corrected chi connectivity index (χ3v) is 8.16. The van der Waals surface area contributed by atoms with Gasteiger partial charge < -0.3 is 10.1 Å². The van der Waals surface area contributed by atoms with Crippen molar-refractivity contribution >= 4 is 27.5 Å². The zero-order valence-electron chi connectivity index (χ0n) is 18.9. The molecule has 35 heavy (non-hydrogen) atoms. The molecule has 2 saturated heterocycles. The van der Waals surface area contributed by atoms with Crippen molar-refractivity contribution in [2.45, 2.75) is 43.0 Å². The topological polar surface area (TPSA) is 84.7 Å². The van der Waals surface area contributed by atoms with Crippen LogP contribution in [-0.2, 0) is 16.9 Å². The monoisotopic (exact) mass is 533 g/mol. The first-order valence-corrected chi connectivity index (χ1v) is 12.6. The summed E-state index contributed by atoms with van der Waals surface area (Å²) in [6.07, 6.45) is 1.67. The molecular formula is C27H24BrN3O4. The van der Waals surface area contributed by atoms with Crippen molar-refractivity contribution in [3.63, 3.8) is 0 Å². The van der Waals surface area contributed by atoms with Crippen molar-refractivity contribution < 1.29 is 14.5 Å². The average molecular weight is 534 g/mol. The first-order chi connectivity index (χ1) is 17.0. The number of nitrogens with one attached hydrogen (secondary N) is 1. The number of anilines is 1. The van der Waals surface area contributed by atoms with Gasteiger partial charge in [0.05, 0.1) is 5.92 Å². The lowest BCUT2D eigenvalue weighted by molar-refractivity contribution is -0.534. The minimum absolute atomic E-state index is 0.143. The first-order valence-electron chi connectivity index (χ1n) is 11.8. The molecule has 1 N–H and O–H groups in total. The Labute approximate surface area is 211 Å². The van der Waals surface area contributed by atoms with E-state index in [1.165, 1.54) is 0 Å². The number of fused-ring (bicyclic) bond motifs is 4. The zero-order valence-corrected chi connectivity index (χ0v) is 20.5. The maximum Gasteiger partial charge on any atom is 0.256 e. The molecule has 1 amide bonds. The number of carbonyl (C=O) groups excluding carboxylic acids is 1. The molecule has 0 radical (unpaired) electrons. The van der Waals surface area contributed by atoms with E-state index in [9.17, 15) is 14.9 Å². The van der Waals surface area contributed by atoms with Gasteiger partial charge in [-0.1, -0.05) is 64.5 Å². The molecule has 1 spiro atoms. The van der Waals surface area contributed by atoms with E-state index < -0.39 is 17.5 Å². The Balaban J connectivity index is 1.49. The van der Waals surface area contributed by atoms with Crippen molar-refractivity contribution in [2.75, 3.05) is 11.9 Å². The zero-order chi connectivity index (χ0) is 24.2. The lowest BCUT2D eigenvalue weighted by Gasteiger charge is -2.32. The highest BCUT2D eigenvalue weighted by atomic mass is 79.9. The summed E-state index contributed by atoms with van der Waals surface area (Å²) in [5.41, 5.74) is 1.79. The molecule has 0 aliphatic carbocycles. The summed E-state index contributed by atoms with van der Waals surface area (Å²) in [4.78, 5) is 28.4. The number of nitrogens with zero attached hydrogens (tertiary/aromatic N) is 2. The Hall–Kier alpha value is -3.23. The highest BCUT2D eigenvalue weighted by Gasteiger charge is 2.73. The fourth-order valence-corrected chi connectivity index (χ4v) is 6.77. The van der Waals surface area contributed by atoms with Gasteiger partial charge in [-0.2, -0.15) is 0 Å². The lowest BCUT2D eigenvalue weighted by atomic mass is 9.77. The first kappa shape index (κ1) is 22.2. The highest BCUT2D eigenvalue weighted by Crippen LogP contribution is 2.59. The number of para-hydroxylation sites is 1. The number of hydrogen-bond donors (Lipinski definition) is 1. The normalized spacial score (nSPS) is 27.0. The standard InChI is InChI=1S/C27H24BrN3O4/c28-18-12-13-23(35-16-17-7-2-1-3-8-17)19(15-18)24-22-11-6-14-30(22)27(25(24)31(33)34)20-9-4-5-10-21(20)29-26(27)32/h1-5,7-10,12-13,15,22,24-25H,6,11,14,16H2,(H,29,32)/t22-,24+,25+,27-/m0/s1. The molecular weight excluding hydrogens is 510 g/mol. The summed E-state index contributed by atoms with van der Waals surface area (Å²) in [6.45, 7) is 0.996. The Bertz CT molecular complexity index is 1320. The summed E-state index contributed by atoms with van der Waals surface area (Å²) < 4.78 is 7.07. The summed E-state index contributed by atoms with van der Waals surface area (Å²) in [5, 5.41) is 15.8. The van der Waals surface area contributed by atoms with Gasteiger partial charge in [-0.3, -0.25) is 19.8 Å². The van der Waals surface area contributed by atoms with Crippen LogP contribution in [0, 0.1) is 10.1 Å². The smallest absolute Gasteiger partial charge is 0.256 e. The van der Waals surface area contributed by atoms with Crippen LogP contribution >= 0.6 is 15.9 Å². The van der Waals surface area contributed by atoms with Crippen molar-refractivity contribution in [1.29, 1.82) is 0 Å². The fraction of sp³-hybridized carbons (Fsp3) is 0.296. The van der Waals surface area contributed by atoms with E-state index in [-0.39, 0.29) is 16.9 Å². The van der Waals surface area contributed by atoms with Crippen LogP contribution in [0.2, 0.25) is 0 Å². The Kier molecular flexibility index (Phi) is 5.38. The predicted octanol–water partition coefficient (Wildman–Crippen LogP) is 5.08. The van der Waals surface area contributed by atoms with Crippen molar-refractivity contribution in [3.8, 4) is 5.75 Å². The number of halogens is 1. The number of carbonyl (C=O) groups is 1.